The van der Waals surface area contributed by atoms with E-state index in [-0.39, 0.29) is 11.3 Å². The maximum absolute atomic E-state index is 12.3. The fourth-order valence-electron chi connectivity index (χ4n) is 2.93. The van der Waals surface area contributed by atoms with Crippen molar-refractivity contribution in [3.05, 3.63) is 45.8 Å². The Morgan fingerprint density at radius 3 is 3.18 bits per heavy atom. The van der Waals surface area contributed by atoms with E-state index < -0.39 is 0 Å². The van der Waals surface area contributed by atoms with Gasteiger partial charge in [-0.15, -0.1) is 11.3 Å². The van der Waals surface area contributed by atoms with Crippen LogP contribution in [0.25, 0.3) is 0 Å². The standard InChI is InChI=1S/C13H10N2OS/c16-12-13(6-8-3-5-17-10(8)7-13)9-2-1-4-14-11(9)15-12/h1-5H,6-7H2,(H,14,15,16)/t13-/m1/s1. The highest BCUT2D eigenvalue weighted by atomic mass is 32.1. The van der Waals surface area contributed by atoms with Crippen LogP contribution in [0.15, 0.2) is 29.8 Å². The van der Waals surface area contributed by atoms with Gasteiger partial charge in [-0.25, -0.2) is 4.98 Å². The quantitative estimate of drug-likeness (QED) is 0.769. The molecule has 0 fully saturated rings. The van der Waals surface area contributed by atoms with E-state index in [0.29, 0.717) is 0 Å². The van der Waals surface area contributed by atoms with Crippen LogP contribution in [0.1, 0.15) is 16.0 Å². The van der Waals surface area contributed by atoms with Gasteiger partial charge in [0.25, 0.3) is 0 Å². The third-order valence-electron chi connectivity index (χ3n) is 3.78. The number of rotatable bonds is 0. The fourth-order valence-corrected chi connectivity index (χ4v) is 3.95. The lowest BCUT2D eigenvalue weighted by atomic mass is 9.80. The predicted molar refractivity (Wildman–Crippen MR) is 66.3 cm³/mol. The third-order valence-corrected chi connectivity index (χ3v) is 4.75. The molecular formula is C13H10N2OS. The van der Waals surface area contributed by atoms with Crippen LogP contribution in [0.2, 0.25) is 0 Å². The van der Waals surface area contributed by atoms with E-state index in [1.54, 1.807) is 17.5 Å². The van der Waals surface area contributed by atoms with E-state index in [4.69, 9.17) is 0 Å². The molecule has 84 valence electrons. The van der Waals surface area contributed by atoms with Crippen molar-refractivity contribution in [2.45, 2.75) is 18.3 Å². The molecule has 4 rings (SSSR count). The lowest BCUT2D eigenvalue weighted by molar-refractivity contribution is -0.120. The molecule has 1 spiro atoms. The van der Waals surface area contributed by atoms with Gasteiger partial charge in [-0.3, -0.25) is 4.79 Å². The molecule has 0 aromatic carbocycles. The molecule has 2 aromatic heterocycles. The molecule has 2 aliphatic rings. The molecule has 1 aliphatic heterocycles. The minimum atomic E-state index is -0.383. The topological polar surface area (TPSA) is 42.0 Å². The molecule has 4 heteroatoms. The Morgan fingerprint density at radius 1 is 1.35 bits per heavy atom. The van der Waals surface area contributed by atoms with Gasteiger partial charge in [-0.2, -0.15) is 0 Å². The Morgan fingerprint density at radius 2 is 2.29 bits per heavy atom. The molecule has 0 radical (unpaired) electrons. The predicted octanol–water partition coefficient (Wildman–Crippen LogP) is 2.13. The van der Waals surface area contributed by atoms with E-state index >= 15 is 0 Å². The van der Waals surface area contributed by atoms with Crippen molar-refractivity contribution in [2.24, 2.45) is 0 Å². The van der Waals surface area contributed by atoms with Gasteiger partial charge in [0.2, 0.25) is 5.91 Å². The number of thiophene rings is 1. The highest BCUT2D eigenvalue weighted by molar-refractivity contribution is 7.10. The second kappa shape index (κ2) is 2.96. The second-order valence-electron chi connectivity index (χ2n) is 4.66. The van der Waals surface area contributed by atoms with Gasteiger partial charge in [-0.1, -0.05) is 6.07 Å². The number of carbonyl (C=O) groups is 1. The maximum atomic E-state index is 12.3. The minimum absolute atomic E-state index is 0.106. The highest BCUT2D eigenvalue weighted by Gasteiger charge is 2.51. The molecule has 17 heavy (non-hydrogen) atoms. The van der Waals surface area contributed by atoms with Crippen LogP contribution in [0.3, 0.4) is 0 Å². The number of nitrogens with zero attached hydrogens (tertiary/aromatic N) is 1. The molecule has 1 N–H and O–H groups in total. The minimum Gasteiger partial charge on any atom is -0.310 e. The van der Waals surface area contributed by atoms with Crippen LogP contribution in [-0.2, 0) is 23.1 Å². The molecule has 1 atom stereocenters. The summed E-state index contributed by atoms with van der Waals surface area (Å²) in [5.41, 5.74) is 2.00. The summed E-state index contributed by atoms with van der Waals surface area (Å²) in [5.74, 6) is 0.849. The Balaban J connectivity index is 1.91. The number of carbonyl (C=O) groups excluding carboxylic acids is 1. The molecule has 3 nitrogen and oxygen atoms in total. The van der Waals surface area contributed by atoms with Crippen molar-refractivity contribution in [1.82, 2.24) is 4.98 Å². The zero-order valence-electron chi connectivity index (χ0n) is 9.06. The smallest absolute Gasteiger partial charge is 0.237 e. The van der Waals surface area contributed by atoms with Crippen molar-refractivity contribution >= 4 is 23.1 Å². The van der Waals surface area contributed by atoms with Crippen LogP contribution >= 0.6 is 11.3 Å². The zero-order chi connectivity index (χ0) is 11.5. The number of nitrogens with one attached hydrogen (secondary N) is 1. The van der Waals surface area contributed by atoms with Crippen LogP contribution in [-0.4, -0.2) is 10.9 Å². The van der Waals surface area contributed by atoms with Crippen molar-refractivity contribution in [3.8, 4) is 0 Å². The van der Waals surface area contributed by atoms with Gasteiger partial charge in [-0.05, 0) is 29.5 Å². The van der Waals surface area contributed by atoms with Crippen molar-refractivity contribution in [3.63, 3.8) is 0 Å². The highest BCUT2D eigenvalue weighted by Crippen LogP contribution is 2.47. The molecule has 0 unspecified atom stereocenters. The number of aromatic nitrogens is 1. The first kappa shape index (κ1) is 9.36. The summed E-state index contributed by atoms with van der Waals surface area (Å²) in [5, 5.41) is 5.02. The first-order valence-corrected chi connectivity index (χ1v) is 6.50. The van der Waals surface area contributed by atoms with Gasteiger partial charge >= 0.3 is 0 Å². The third kappa shape index (κ3) is 1.06. The Bertz CT molecular complexity index is 611. The van der Waals surface area contributed by atoms with Gasteiger partial charge in [0.1, 0.15) is 5.82 Å². The van der Waals surface area contributed by atoms with Gasteiger partial charge in [0, 0.05) is 23.1 Å². The summed E-state index contributed by atoms with van der Waals surface area (Å²) in [6.45, 7) is 0. The first-order chi connectivity index (χ1) is 8.29. The van der Waals surface area contributed by atoms with Gasteiger partial charge in [0.15, 0.2) is 0 Å². The lowest BCUT2D eigenvalue weighted by Crippen LogP contribution is -2.35. The summed E-state index contributed by atoms with van der Waals surface area (Å²) >= 11 is 1.75. The number of amides is 1. The van der Waals surface area contributed by atoms with E-state index in [1.807, 2.05) is 12.1 Å². The van der Waals surface area contributed by atoms with Crippen LogP contribution in [0.4, 0.5) is 5.82 Å². The summed E-state index contributed by atoms with van der Waals surface area (Å²) < 4.78 is 0. The van der Waals surface area contributed by atoms with E-state index in [0.717, 1.165) is 24.2 Å². The molecule has 0 saturated carbocycles. The molecule has 1 amide bonds. The van der Waals surface area contributed by atoms with Gasteiger partial charge < -0.3 is 5.32 Å². The van der Waals surface area contributed by atoms with E-state index in [1.165, 1.54) is 10.4 Å². The number of fused-ring (bicyclic) bond motifs is 3. The van der Waals surface area contributed by atoms with Crippen LogP contribution in [0, 0.1) is 0 Å². The Labute approximate surface area is 103 Å². The normalized spacial score (nSPS) is 24.8. The van der Waals surface area contributed by atoms with Crippen LogP contribution < -0.4 is 5.32 Å². The number of hydrogen-bond acceptors (Lipinski definition) is 3. The average Bonchev–Trinajstić information content (AvgIpc) is 2.94. The fraction of sp³-hybridized carbons (Fsp3) is 0.231. The Kier molecular flexibility index (Phi) is 1.63. The average molecular weight is 242 g/mol. The molecule has 0 bridgehead atoms. The number of anilines is 1. The molecule has 2 aromatic rings. The van der Waals surface area contributed by atoms with Crippen molar-refractivity contribution in [1.29, 1.82) is 0 Å². The molecule has 1 aliphatic carbocycles. The Hall–Kier alpha value is -1.68. The summed E-state index contributed by atoms with van der Waals surface area (Å²) in [6.07, 6.45) is 3.36. The van der Waals surface area contributed by atoms with Crippen molar-refractivity contribution < 1.29 is 4.79 Å². The zero-order valence-corrected chi connectivity index (χ0v) is 9.88. The summed E-state index contributed by atoms with van der Waals surface area (Å²) in [7, 11) is 0. The van der Waals surface area contributed by atoms with E-state index in [2.05, 4.69) is 21.7 Å². The van der Waals surface area contributed by atoms with E-state index in [9.17, 15) is 4.79 Å². The lowest BCUT2D eigenvalue weighted by Gasteiger charge is -2.20. The second-order valence-corrected chi connectivity index (χ2v) is 5.66. The van der Waals surface area contributed by atoms with Gasteiger partial charge in [0.05, 0.1) is 5.41 Å². The summed E-state index contributed by atoms with van der Waals surface area (Å²) in [4.78, 5) is 17.9. The first-order valence-electron chi connectivity index (χ1n) is 5.62. The molecule has 3 heterocycles. The van der Waals surface area contributed by atoms with Crippen molar-refractivity contribution in [2.75, 3.05) is 5.32 Å². The number of hydrogen-bond donors (Lipinski definition) is 1. The SMILES string of the molecule is O=C1Nc2ncccc2[C@]12Cc1ccsc1C2. The largest absolute Gasteiger partial charge is 0.310 e. The molecular weight excluding hydrogens is 232 g/mol. The number of pyridine rings is 1. The monoisotopic (exact) mass is 242 g/mol. The summed E-state index contributed by atoms with van der Waals surface area (Å²) in [6, 6.07) is 6.07. The van der Waals surface area contributed by atoms with Crippen LogP contribution in [0.5, 0.6) is 0 Å². The molecule has 0 saturated heterocycles. The maximum Gasteiger partial charge on any atom is 0.237 e.